The highest BCUT2D eigenvalue weighted by Crippen LogP contribution is 2.23. The summed E-state index contributed by atoms with van der Waals surface area (Å²) in [6.45, 7) is 10.0. The molecule has 1 unspecified atom stereocenters. The van der Waals surface area contributed by atoms with Crippen molar-refractivity contribution < 1.29 is 4.74 Å². The van der Waals surface area contributed by atoms with Crippen molar-refractivity contribution in [2.45, 2.75) is 45.8 Å². The fourth-order valence-corrected chi connectivity index (χ4v) is 2.38. The van der Waals surface area contributed by atoms with E-state index in [-0.39, 0.29) is 11.6 Å². The number of halogens is 1. The van der Waals surface area contributed by atoms with Gasteiger partial charge in [-0.05, 0) is 45.4 Å². The van der Waals surface area contributed by atoms with Gasteiger partial charge in [0.15, 0.2) is 0 Å². The fraction of sp³-hybridized carbons (Fsp3) is 0.600. The number of rotatable bonds is 7. The van der Waals surface area contributed by atoms with E-state index in [9.17, 15) is 0 Å². The lowest BCUT2D eigenvalue weighted by atomic mass is 9.92. The van der Waals surface area contributed by atoms with Crippen LogP contribution >= 0.6 is 11.6 Å². The minimum absolute atomic E-state index is 0.204. The van der Waals surface area contributed by atoms with Gasteiger partial charge in [0.1, 0.15) is 0 Å². The number of likely N-dealkylation sites (N-methyl/N-ethyl adjacent to an activating group) is 1. The van der Waals surface area contributed by atoms with E-state index in [1.165, 1.54) is 0 Å². The second kappa shape index (κ2) is 7.13. The van der Waals surface area contributed by atoms with Crippen LogP contribution in [0.5, 0.6) is 0 Å². The van der Waals surface area contributed by atoms with Crippen LogP contribution in [0.25, 0.3) is 0 Å². The van der Waals surface area contributed by atoms with Gasteiger partial charge in [0.25, 0.3) is 0 Å². The molecule has 0 aromatic heterocycles. The van der Waals surface area contributed by atoms with Gasteiger partial charge in [-0.2, -0.15) is 0 Å². The van der Waals surface area contributed by atoms with Gasteiger partial charge in [0, 0.05) is 17.7 Å². The molecular weight excluding hydrogens is 246 g/mol. The molecule has 0 saturated heterocycles. The number of benzene rings is 1. The maximum absolute atomic E-state index is 6.23. The highest BCUT2D eigenvalue weighted by Gasteiger charge is 2.29. The Bertz CT molecular complexity index is 365. The van der Waals surface area contributed by atoms with Crippen LogP contribution in [0.4, 0.5) is 0 Å². The van der Waals surface area contributed by atoms with Crippen LogP contribution < -0.4 is 5.32 Å². The maximum Gasteiger partial charge on any atom is 0.0781 e. The van der Waals surface area contributed by atoms with E-state index in [1.807, 2.05) is 25.1 Å². The third-order valence-electron chi connectivity index (χ3n) is 3.19. The monoisotopic (exact) mass is 269 g/mol. The van der Waals surface area contributed by atoms with E-state index in [2.05, 4.69) is 32.2 Å². The standard InChI is InChI=1S/C15H24ClNO/c1-5-17-14(15(3,4)18-6-2)11-12-9-7-8-10-13(12)16/h7-10,14,17H,5-6,11H2,1-4H3. The molecule has 1 N–H and O–H groups in total. The smallest absolute Gasteiger partial charge is 0.0781 e. The zero-order chi connectivity index (χ0) is 13.6. The van der Waals surface area contributed by atoms with Crippen molar-refractivity contribution in [2.75, 3.05) is 13.2 Å². The Labute approximate surface area is 116 Å². The predicted molar refractivity (Wildman–Crippen MR) is 78.3 cm³/mol. The van der Waals surface area contributed by atoms with E-state index >= 15 is 0 Å². The Kier molecular flexibility index (Phi) is 6.13. The predicted octanol–water partition coefficient (Wildman–Crippen LogP) is 3.68. The number of nitrogens with one attached hydrogen (secondary N) is 1. The van der Waals surface area contributed by atoms with Gasteiger partial charge < -0.3 is 10.1 Å². The van der Waals surface area contributed by atoms with Gasteiger partial charge in [0.2, 0.25) is 0 Å². The fourth-order valence-electron chi connectivity index (χ4n) is 2.17. The Hall–Kier alpha value is -0.570. The van der Waals surface area contributed by atoms with Gasteiger partial charge >= 0.3 is 0 Å². The van der Waals surface area contributed by atoms with Gasteiger partial charge in [-0.3, -0.25) is 0 Å². The second-order valence-electron chi connectivity index (χ2n) is 4.94. The highest BCUT2D eigenvalue weighted by atomic mass is 35.5. The van der Waals surface area contributed by atoms with Crippen LogP contribution in [0.2, 0.25) is 5.02 Å². The summed E-state index contributed by atoms with van der Waals surface area (Å²) < 4.78 is 5.85. The molecule has 0 saturated carbocycles. The molecule has 1 aromatic rings. The molecule has 1 aromatic carbocycles. The Balaban J connectivity index is 2.83. The first-order valence-corrected chi connectivity index (χ1v) is 6.99. The molecule has 0 aliphatic carbocycles. The topological polar surface area (TPSA) is 21.3 Å². The molecule has 1 atom stereocenters. The first-order chi connectivity index (χ1) is 8.51. The third kappa shape index (κ3) is 4.27. The first-order valence-electron chi connectivity index (χ1n) is 6.62. The molecule has 1 rings (SSSR count). The number of hydrogen-bond acceptors (Lipinski definition) is 2. The Morgan fingerprint density at radius 3 is 2.50 bits per heavy atom. The minimum atomic E-state index is -0.204. The molecule has 2 nitrogen and oxygen atoms in total. The molecule has 0 amide bonds. The van der Waals surface area contributed by atoms with Crippen LogP contribution in [0.1, 0.15) is 33.3 Å². The summed E-state index contributed by atoms with van der Waals surface area (Å²) in [5, 5.41) is 4.33. The third-order valence-corrected chi connectivity index (χ3v) is 3.56. The van der Waals surface area contributed by atoms with Gasteiger partial charge in [-0.25, -0.2) is 0 Å². The summed E-state index contributed by atoms with van der Waals surface area (Å²) in [5.41, 5.74) is 0.960. The van der Waals surface area contributed by atoms with E-state index in [0.29, 0.717) is 0 Å². The quantitative estimate of drug-likeness (QED) is 0.815. The van der Waals surface area contributed by atoms with Crippen molar-refractivity contribution in [1.82, 2.24) is 5.32 Å². The number of ether oxygens (including phenoxy) is 1. The van der Waals surface area contributed by atoms with Crippen molar-refractivity contribution in [3.8, 4) is 0 Å². The Morgan fingerprint density at radius 1 is 1.28 bits per heavy atom. The van der Waals surface area contributed by atoms with E-state index in [0.717, 1.165) is 30.2 Å². The summed E-state index contributed by atoms with van der Waals surface area (Å²) in [7, 11) is 0. The van der Waals surface area contributed by atoms with Crippen molar-refractivity contribution in [1.29, 1.82) is 0 Å². The summed E-state index contributed by atoms with van der Waals surface area (Å²) in [6, 6.07) is 8.25. The summed E-state index contributed by atoms with van der Waals surface area (Å²) in [5.74, 6) is 0. The summed E-state index contributed by atoms with van der Waals surface area (Å²) >= 11 is 6.23. The molecule has 0 spiro atoms. The molecule has 102 valence electrons. The van der Waals surface area contributed by atoms with Crippen LogP contribution in [0.3, 0.4) is 0 Å². The van der Waals surface area contributed by atoms with Gasteiger partial charge in [-0.15, -0.1) is 0 Å². The zero-order valence-electron chi connectivity index (χ0n) is 11.8. The zero-order valence-corrected chi connectivity index (χ0v) is 12.6. The second-order valence-corrected chi connectivity index (χ2v) is 5.35. The van der Waals surface area contributed by atoms with E-state index in [1.54, 1.807) is 0 Å². The first kappa shape index (κ1) is 15.5. The molecule has 3 heteroatoms. The number of hydrogen-bond donors (Lipinski definition) is 1. The molecule has 0 aliphatic heterocycles. The Morgan fingerprint density at radius 2 is 1.94 bits per heavy atom. The SMILES string of the molecule is CCNC(Cc1ccccc1Cl)C(C)(C)OCC. The largest absolute Gasteiger partial charge is 0.374 e. The summed E-state index contributed by atoms with van der Waals surface area (Å²) in [6.07, 6.45) is 0.876. The molecule has 0 fully saturated rings. The van der Waals surface area contributed by atoms with E-state index < -0.39 is 0 Å². The lowest BCUT2D eigenvalue weighted by Crippen LogP contribution is -2.50. The van der Waals surface area contributed by atoms with Crippen molar-refractivity contribution in [3.63, 3.8) is 0 Å². The van der Waals surface area contributed by atoms with Crippen LogP contribution in [-0.4, -0.2) is 24.8 Å². The average Bonchev–Trinajstić information content (AvgIpc) is 2.31. The van der Waals surface area contributed by atoms with Crippen molar-refractivity contribution in [3.05, 3.63) is 34.9 Å². The normalized spacial score (nSPS) is 13.6. The van der Waals surface area contributed by atoms with Crippen molar-refractivity contribution in [2.24, 2.45) is 0 Å². The minimum Gasteiger partial charge on any atom is -0.374 e. The van der Waals surface area contributed by atoms with E-state index in [4.69, 9.17) is 16.3 Å². The van der Waals surface area contributed by atoms with Crippen LogP contribution in [0.15, 0.2) is 24.3 Å². The lowest BCUT2D eigenvalue weighted by Gasteiger charge is -2.35. The van der Waals surface area contributed by atoms with Gasteiger partial charge in [0.05, 0.1) is 5.60 Å². The molecular formula is C15H24ClNO. The summed E-state index contributed by atoms with van der Waals surface area (Å²) in [4.78, 5) is 0. The van der Waals surface area contributed by atoms with Crippen LogP contribution in [-0.2, 0) is 11.2 Å². The van der Waals surface area contributed by atoms with Gasteiger partial charge in [-0.1, -0.05) is 36.7 Å². The van der Waals surface area contributed by atoms with Crippen LogP contribution in [0, 0.1) is 0 Å². The highest BCUT2D eigenvalue weighted by molar-refractivity contribution is 6.31. The molecule has 0 aliphatic rings. The van der Waals surface area contributed by atoms with Crippen molar-refractivity contribution >= 4 is 11.6 Å². The maximum atomic E-state index is 6.23. The average molecular weight is 270 g/mol. The molecule has 0 heterocycles. The lowest BCUT2D eigenvalue weighted by molar-refractivity contribution is -0.0376. The molecule has 18 heavy (non-hydrogen) atoms. The molecule has 0 bridgehead atoms. The molecule has 0 radical (unpaired) electrons.